The molecule has 1 aromatic carbocycles. The van der Waals surface area contributed by atoms with E-state index in [-0.39, 0.29) is 11.5 Å². The maximum absolute atomic E-state index is 6.03. The lowest BCUT2D eigenvalue weighted by atomic mass is 9.79. The van der Waals surface area contributed by atoms with Crippen molar-refractivity contribution in [3.8, 4) is 5.75 Å². The summed E-state index contributed by atoms with van der Waals surface area (Å²) in [7, 11) is 0. The van der Waals surface area contributed by atoms with E-state index < -0.39 is 0 Å². The summed E-state index contributed by atoms with van der Waals surface area (Å²) in [5.74, 6) is 1.74. The summed E-state index contributed by atoms with van der Waals surface area (Å²) in [4.78, 5) is 0. The summed E-state index contributed by atoms with van der Waals surface area (Å²) in [6, 6.07) is 4.44. The molecule has 0 N–H and O–H groups in total. The Morgan fingerprint density at radius 3 is 2.00 bits per heavy atom. The number of ether oxygens (including phenoxy) is 1. The average Bonchev–Trinajstić information content (AvgIpc) is 2.25. The van der Waals surface area contributed by atoms with E-state index in [1.54, 1.807) is 0 Å². The van der Waals surface area contributed by atoms with E-state index in [1.807, 2.05) is 0 Å². The van der Waals surface area contributed by atoms with Crippen LogP contribution in [0.2, 0.25) is 0 Å². The summed E-state index contributed by atoms with van der Waals surface area (Å²) in [6.45, 7) is 17.9. The second-order valence-corrected chi connectivity index (χ2v) is 7.44. The van der Waals surface area contributed by atoms with Crippen molar-refractivity contribution < 1.29 is 4.74 Å². The van der Waals surface area contributed by atoms with Gasteiger partial charge in [-0.1, -0.05) is 47.6 Å². The standard InChI is InChI=1S/C19H32O/c1-9-15-16(12-13(2)3)17(19(6,7)8)10-11-18(15)20-14(4)5/h10-11,13-14H,9,12H2,1-8H3. The predicted octanol–water partition coefficient (Wildman–Crippen LogP) is 5.53. The van der Waals surface area contributed by atoms with Gasteiger partial charge in [0, 0.05) is 0 Å². The van der Waals surface area contributed by atoms with E-state index in [0.29, 0.717) is 5.92 Å². The van der Waals surface area contributed by atoms with Crippen LogP contribution in [0.1, 0.15) is 72.1 Å². The van der Waals surface area contributed by atoms with Crippen molar-refractivity contribution in [1.82, 2.24) is 0 Å². The molecule has 1 heteroatoms. The summed E-state index contributed by atoms with van der Waals surface area (Å²) in [5, 5.41) is 0. The predicted molar refractivity (Wildman–Crippen MR) is 88.8 cm³/mol. The van der Waals surface area contributed by atoms with Crippen molar-refractivity contribution in [3.63, 3.8) is 0 Å². The molecule has 0 heterocycles. The van der Waals surface area contributed by atoms with E-state index in [0.717, 1.165) is 18.6 Å². The lowest BCUT2D eigenvalue weighted by molar-refractivity contribution is 0.239. The highest BCUT2D eigenvalue weighted by atomic mass is 16.5. The van der Waals surface area contributed by atoms with E-state index in [2.05, 4.69) is 67.5 Å². The Kier molecular flexibility index (Phi) is 5.68. The molecule has 0 saturated heterocycles. The first-order valence-corrected chi connectivity index (χ1v) is 7.98. The highest BCUT2D eigenvalue weighted by molar-refractivity contribution is 5.48. The molecule has 1 nitrogen and oxygen atoms in total. The summed E-state index contributed by atoms with van der Waals surface area (Å²) in [6.07, 6.45) is 2.40. The molecular formula is C19H32O. The lowest BCUT2D eigenvalue weighted by Gasteiger charge is -2.28. The van der Waals surface area contributed by atoms with Crippen LogP contribution in [0, 0.1) is 5.92 Å². The minimum Gasteiger partial charge on any atom is -0.491 e. The molecule has 0 spiro atoms. The van der Waals surface area contributed by atoms with Gasteiger partial charge in [-0.05, 0) is 60.8 Å². The molecule has 0 aromatic heterocycles. The SMILES string of the molecule is CCc1c(OC(C)C)ccc(C(C)(C)C)c1CC(C)C. The van der Waals surface area contributed by atoms with Crippen molar-refractivity contribution >= 4 is 0 Å². The third-order valence-corrected chi connectivity index (χ3v) is 3.52. The topological polar surface area (TPSA) is 9.23 Å². The minimum atomic E-state index is 0.185. The summed E-state index contributed by atoms with van der Waals surface area (Å²) in [5.41, 5.74) is 4.57. The van der Waals surface area contributed by atoms with Gasteiger partial charge in [0.05, 0.1) is 6.10 Å². The maximum atomic E-state index is 6.03. The monoisotopic (exact) mass is 276 g/mol. The van der Waals surface area contributed by atoms with Gasteiger partial charge in [-0.3, -0.25) is 0 Å². The van der Waals surface area contributed by atoms with Crippen LogP contribution in [0.25, 0.3) is 0 Å². The average molecular weight is 276 g/mol. The fourth-order valence-corrected chi connectivity index (χ4v) is 2.77. The minimum absolute atomic E-state index is 0.185. The van der Waals surface area contributed by atoms with Gasteiger partial charge in [0.15, 0.2) is 0 Å². The molecule has 1 rings (SSSR count). The van der Waals surface area contributed by atoms with Gasteiger partial charge in [0.2, 0.25) is 0 Å². The first-order valence-electron chi connectivity index (χ1n) is 7.98. The number of benzene rings is 1. The zero-order valence-electron chi connectivity index (χ0n) is 14.6. The zero-order valence-corrected chi connectivity index (χ0v) is 14.6. The van der Waals surface area contributed by atoms with Crippen LogP contribution in [-0.2, 0) is 18.3 Å². The largest absolute Gasteiger partial charge is 0.491 e. The van der Waals surface area contributed by atoms with Crippen molar-refractivity contribution in [1.29, 1.82) is 0 Å². The van der Waals surface area contributed by atoms with E-state index in [1.165, 1.54) is 16.7 Å². The lowest BCUT2D eigenvalue weighted by Crippen LogP contribution is -2.18. The highest BCUT2D eigenvalue weighted by Gasteiger charge is 2.22. The molecule has 0 fully saturated rings. The van der Waals surface area contributed by atoms with Crippen molar-refractivity contribution in [2.24, 2.45) is 5.92 Å². The Hall–Kier alpha value is -0.980. The van der Waals surface area contributed by atoms with Crippen LogP contribution in [0.4, 0.5) is 0 Å². The third kappa shape index (κ3) is 4.26. The molecule has 0 saturated carbocycles. The molecule has 0 radical (unpaired) electrons. The summed E-state index contributed by atoms with van der Waals surface area (Å²) >= 11 is 0. The molecule has 20 heavy (non-hydrogen) atoms. The fourth-order valence-electron chi connectivity index (χ4n) is 2.77. The van der Waals surface area contributed by atoms with E-state index in [4.69, 9.17) is 4.74 Å². The van der Waals surface area contributed by atoms with Crippen molar-refractivity contribution in [2.45, 2.75) is 79.8 Å². The Morgan fingerprint density at radius 2 is 1.60 bits per heavy atom. The smallest absolute Gasteiger partial charge is 0.123 e. The molecule has 0 bridgehead atoms. The van der Waals surface area contributed by atoms with Crippen LogP contribution in [0.5, 0.6) is 5.75 Å². The quantitative estimate of drug-likeness (QED) is 0.687. The molecule has 0 aliphatic rings. The van der Waals surface area contributed by atoms with E-state index in [9.17, 15) is 0 Å². The molecule has 0 unspecified atom stereocenters. The van der Waals surface area contributed by atoms with Gasteiger partial charge in [-0.25, -0.2) is 0 Å². The van der Waals surface area contributed by atoms with Crippen LogP contribution < -0.4 is 4.74 Å². The van der Waals surface area contributed by atoms with Gasteiger partial charge >= 0.3 is 0 Å². The third-order valence-electron chi connectivity index (χ3n) is 3.52. The van der Waals surface area contributed by atoms with Gasteiger partial charge < -0.3 is 4.74 Å². The number of hydrogen-bond donors (Lipinski definition) is 0. The molecule has 0 amide bonds. The van der Waals surface area contributed by atoms with Gasteiger partial charge in [-0.15, -0.1) is 0 Å². The Bertz CT molecular complexity index is 436. The second kappa shape index (κ2) is 6.65. The maximum Gasteiger partial charge on any atom is 0.123 e. The van der Waals surface area contributed by atoms with Gasteiger partial charge in [0.25, 0.3) is 0 Å². The van der Waals surface area contributed by atoms with Crippen LogP contribution in [-0.4, -0.2) is 6.10 Å². The molecule has 0 atom stereocenters. The second-order valence-electron chi connectivity index (χ2n) is 7.44. The normalized spacial score (nSPS) is 12.3. The van der Waals surface area contributed by atoms with Crippen LogP contribution in [0.3, 0.4) is 0 Å². The van der Waals surface area contributed by atoms with Crippen molar-refractivity contribution in [2.75, 3.05) is 0 Å². The Labute approximate surface area is 125 Å². The van der Waals surface area contributed by atoms with Crippen molar-refractivity contribution in [3.05, 3.63) is 28.8 Å². The van der Waals surface area contributed by atoms with Crippen LogP contribution in [0.15, 0.2) is 12.1 Å². The Morgan fingerprint density at radius 1 is 1.00 bits per heavy atom. The van der Waals surface area contributed by atoms with Crippen LogP contribution >= 0.6 is 0 Å². The molecule has 0 aliphatic heterocycles. The highest BCUT2D eigenvalue weighted by Crippen LogP contribution is 2.35. The summed E-state index contributed by atoms with van der Waals surface area (Å²) < 4.78 is 6.03. The molecule has 114 valence electrons. The van der Waals surface area contributed by atoms with Gasteiger partial charge in [0.1, 0.15) is 5.75 Å². The molecular weight excluding hydrogens is 244 g/mol. The molecule has 1 aromatic rings. The first kappa shape index (κ1) is 17.1. The number of rotatable bonds is 5. The fraction of sp³-hybridized carbons (Fsp3) is 0.684. The molecule has 0 aliphatic carbocycles. The van der Waals surface area contributed by atoms with Gasteiger partial charge in [-0.2, -0.15) is 0 Å². The first-order chi connectivity index (χ1) is 9.16. The zero-order chi connectivity index (χ0) is 15.5. The Balaban J connectivity index is 3.42. The van der Waals surface area contributed by atoms with E-state index >= 15 is 0 Å². The number of hydrogen-bond acceptors (Lipinski definition) is 1.